The van der Waals surface area contributed by atoms with Gasteiger partial charge in [0.25, 0.3) is 5.91 Å². The number of phenols is 1. The smallest absolute Gasteiger partial charge is 0.256 e. The number of nitrogens with one attached hydrogen (secondary N) is 1. The molecule has 144 valence electrons. The number of aromatic hydroxyl groups is 1. The fraction of sp³-hybridized carbons (Fsp3) is 0.182. The molecular weight excluding hydrogens is 366 g/mol. The van der Waals surface area contributed by atoms with E-state index in [1.807, 2.05) is 31.2 Å². The third kappa shape index (κ3) is 3.10. The third-order valence-electron chi connectivity index (χ3n) is 5.09. The van der Waals surface area contributed by atoms with E-state index in [0.717, 1.165) is 18.5 Å². The average molecular weight is 385 g/mol. The number of phenolic OH excluding ortho intramolecular Hbond substituents is 1. The van der Waals surface area contributed by atoms with Gasteiger partial charge in [0.2, 0.25) is 0 Å². The van der Waals surface area contributed by atoms with Crippen molar-refractivity contribution in [1.29, 1.82) is 0 Å². The van der Waals surface area contributed by atoms with Gasteiger partial charge in [-0.1, -0.05) is 18.2 Å². The molecule has 3 aromatic heterocycles. The SMILES string of the molecule is Cc1nn(-c2ccccn2)c2nc(C3CC3)cc(C(=O)Nc3ccccc3O)c12. The van der Waals surface area contributed by atoms with Crippen molar-refractivity contribution in [2.45, 2.75) is 25.7 Å². The maximum Gasteiger partial charge on any atom is 0.256 e. The van der Waals surface area contributed by atoms with Crippen molar-refractivity contribution in [3.8, 4) is 11.6 Å². The molecule has 0 spiro atoms. The molecule has 2 N–H and O–H groups in total. The van der Waals surface area contributed by atoms with Crippen LogP contribution in [0.15, 0.2) is 54.7 Å². The van der Waals surface area contributed by atoms with E-state index in [-0.39, 0.29) is 11.7 Å². The van der Waals surface area contributed by atoms with Crippen LogP contribution < -0.4 is 5.32 Å². The van der Waals surface area contributed by atoms with Crippen molar-refractivity contribution in [3.63, 3.8) is 0 Å². The molecule has 1 aromatic carbocycles. The summed E-state index contributed by atoms with van der Waals surface area (Å²) in [6, 6.07) is 14.1. The molecule has 0 unspecified atom stereocenters. The Morgan fingerprint density at radius 2 is 1.97 bits per heavy atom. The van der Waals surface area contributed by atoms with Crippen LogP contribution in [0, 0.1) is 6.92 Å². The molecule has 7 nitrogen and oxygen atoms in total. The van der Waals surface area contributed by atoms with Gasteiger partial charge in [0, 0.05) is 17.8 Å². The van der Waals surface area contributed by atoms with Crippen LogP contribution in [0.3, 0.4) is 0 Å². The first kappa shape index (κ1) is 17.4. The minimum atomic E-state index is -0.301. The molecule has 0 bridgehead atoms. The van der Waals surface area contributed by atoms with Crippen molar-refractivity contribution < 1.29 is 9.90 Å². The first-order chi connectivity index (χ1) is 14.1. The van der Waals surface area contributed by atoms with E-state index in [9.17, 15) is 9.90 Å². The molecule has 1 saturated carbocycles. The van der Waals surface area contributed by atoms with Crippen molar-refractivity contribution in [2.75, 3.05) is 5.32 Å². The van der Waals surface area contributed by atoms with Crippen LogP contribution in [0.2, 0.25) is 0 Å². The Morgan fingerprint density at radius 3 is 2.69 bits per heavy atom. The van der Waals surface area contributed by atoms with Gasteiger partial charge >= 0.3 is 0 Å². The zero-order chi connectivity index (χ0) is 20.0. The summed E-state index contributed by atoms with van der Waals surface area (Å²) in [5, 5.41) is 18.1. The second-order valence-electron chi connectivity index (χ2n) is 7.22. The largest absolute Gasteiger partial charge is 0.506 e. The number of pyridine rings is 2. The lowest BCUT2D eigenvalue weighted by Crippen LogP contribution is -2.14. The van der Waals surface area contributed by atoms with Crippen LogP contribution in [0.1, 0.15) is 40.5 Å². The quantitative estimate of drug-likeness (QED) is 0.519. The number of nitrogens with zero attached hydrogens (tertiary/aromatic N) is 4. The van der Waals surface area contributed by atoms with Crippen molar-refractivity contribution in [2.24, 2.45) is 0 Å². The molecule has 0 saturated heterocycles. The second kappa shape index (κ2) is 6.70. The normalized spacial score (nSPS) is 13.6. The molecule has 29 heavy (non-hydrogen) atoms. The summed E-state index contributed by atoms with van der Waals surface area (Å²) < 4.78 is 1.69. The summed E-state index contributed by atoms with van der Waals surface area (Å²) in [6.45, 7) is 1.86. The number of rotatable bonds is 4. The van der Waals surface area contributed by atoms with E-state index in [2.05, 4.69) is 15.4 Å². The Morgan fingerprint density at radius 1 is 1.17 bits per heavy atom. The summed E-state index contributed by atoms with van der Waals surface area (Å²) in [4.78, 5) is 22.4. The van der Waals surface area contributed by atoms with Gasteiger partial charge in [0.1, 0.15) is 5.75 Å². The highest BCUT2D eigenvalue weighted by Gasteiger charge is 2.29. The summed E-state index contributed by atoms with van der Waals surface area (Å²) >= 11 is 0. The number of benzene rings is 1. The Balaban J connectivity index is 1.67. The van der Waals surface area contributed by atoms with Gasteiger partial charge in [0.05, 0.1) is 22.3 Å². The number of aromatic nitrogens is 4. The molecule has 1 aliphatic carbocycles. The highest BCUT2D eigenvalue weighted by atomic mass is 16.3. The second-order valence-corrected chi connectivity index (χ2v) is 7.22. The number of aryl methyl sites for hydroxylation is 1. The maximum absolute atomic E-state index is 13.2. The number of hydrogen-bond donors (Lipinski definition) is 2. The number of hydrogen-bond acceptors (Lipinski definition) is 5. The predicted molar refractivity (Wildman–Crippen MR) is 109 cm³/mol. The van der Waals surface area contributed by atoms with E-state index in [1.165, 1.54) is 6.07 Å². The Hall–Kier alpha value is -3.74. The molecule has 1 aliphatic rings. The van der Waals surface area contributed by atoms with Crippen LogP contribution in [0.25, 0.3) is 16.9 Å². The van der Waals surface area contributed by atoms with E-state index in [1.54, 1.807) is 29.1 Å². The minimum absolute atomic E-state index is 0.0227. The van der Waals surface area contributed by atoms with Crippen molar-refractivity contribution >= 4 is 22.6 Å². The van der Waals surface area contributed by atoms with Gasteiger partial charge in [-0.15, -0.1) is 0 Å². The zero-order valence-electron chi connectivity index (χ0n) is 15.8. The lowest BCUT2D eigenvalue weighted by Gasteiger charge is -2.10. The lowest BCUT2D eigenvalue weighted by atomic mass is 10.1. The van der Waals surface area contributed by atoms with Gasteiger partial charge in [-0.2, -0.15) is 9.78 Å². The van der Waals surface area contributed by atoms with Crippen LogP contribution in [-0.4, -0.2) is 30.8 Å². The van der Waals surface area contributed by atoms with E-state index < -0.39 is 0 Å². The number of fused-ring (bicyclic) bond motifs is 1. The topological polar surface area (TPSA) is 92.9 Å². The number of para-hydroxylation sites is 2. The van der Waals surface area contributed by atoms with Crippen LogP contribution in [0.5, 0.6) is 5.75 Å². The molecule has 3 heterocycles. The number of carbonyl (C=O) groups excluding carboxylic acids is 1. The van der Waals surface area contributed by atoms with Gasteiger partial charge < -0.3 is 10.4 Å². The Bertz CT molecular complexity index is 1230. The number of anilines is 1. The number of amides is 1. The molecule has 7 heteroatoms. The minimum Gasteiger partial charge on any atom is -0.506 e. The van der Waals surface area contributed by atoms with E-state index >= 15 is 0 Å². The molecule has 1 fully saturated rings. The summed E-state index contributed by atoms with van der Waals surface area (Å²) in [6.07, 6.45) is 3.83. The fourth-order valence-electron chi connectivity index (χ4n) is 3.48. The molecule has 1 amide bonds. The molecule has 0 radical (unpaired) electrons. The Kier molecular flexibility index (Phi) is 4.01. The zero-order valence-corrected chi connectivity index (χ0v) is 15.8. The molecule has 4 aromatic rings. The van der Waals surface area contributed by atoms with Crippen LogP contribution in [-0.2, 0) is 0 Å². The van der Waals surface area contributed by atoms with Gasteiger partial charge in [-0.05, 0) is 50.1 Å². The van der Waals surface area contributed by atoms with Crippen LogP contribution in [0.4, 0.5) is 5.69 Å². The van der Waals surface area contributed by atoms with E-state index in [4.69, 9.17) is 4.98 Å². The number of carbonyl (C=O) groups is 1. The first-order valence-electron chi connectivity index (χ1n) is 9.53. The lowest BCUT2D eigenvalue weighted by molar-refractivity contribution is 0.102. The fourth-order valence-corrected chi connectivity index (χ4v) is 3.48. The molecule has 0 aliphatic heterocycles. The standard InChI is InChI=1S/C22H19N5O2/c1-13-20-15(22(29)25-16-6-2-3-7-18(16)28)12-17(14-9-10-14)24-21(20)27(26-13)19-8-4-5-11-23-19/h2-8,11-12,14,28H,9-10H2,1H3,(H,25,29). The van der Waals surface area contributed by atoms with Crippen LogP contribution >= 0.6 is 0 Å². The monoisotopic (exact) mass is 385 g/mol. The molecule has 0 atom stereocenters. The highest BCUT2D eigenvalue weighted by Crippen LogP contribution is 2.41. The summed E-state index contributed by atoms with van der Waals surface area (Å²) in [5.41, 5.74) is 3.07. The highest BCUT2D eigenvalue weighted by molar-refractivity contribution is 6.13. The van der Waals surface area contributed by atoms with Gasteiger partial charge in [0.15, 0.2) is 11.5 Å². The summed E-state index contributed by atoms with van der Waals surface area (Å²) in [5.74, 6) is 0.737. The van der Waals surface area contributed by atoms with Gasteiger partial charge in [-0.25, -0.2) is 9.97 Å². The van der Waals surface area contributed by atoms with Crippen molar-refractivity contribution in [3.05, 3.63) is 71.7 Å². The first-order valence-corrected chi connectivity index (χ1v) is 9.53. The maximum atomic E-state index is 13.2. The average Bonchev–Trinajstić information content (AvgIpc) is 3.54. The third-order valence-corrected chi connectivity index (χ3v) is 5.09. The molecular formula is C22H19N5O2. The molecule has 5 rings (SSSR count). The van der Waals surface area contributed by atoms with E-state index in [0.29, 0.717) is 39.7 Å². The Labute approximate surface area is 167 Å². The van der Waals surface area contributed by atoms with Crippen molar-refractivity contribution in [1.82, 2.24) is 19.7 Å². The predicted octanol–water partition coefficient (Wildman–Crippen LogP) is 3.96. The summed E-state index contributed by atoms with van der Waals surface area (Å²) in [7, 11) is 0. The van der Waals surface area contributed by atoms with Gasteiger partial charge in [-0.3, -0.25) is 4.79 Å².